The van der Waals surface area contributed by atoms with Gasteiger partial charge in [-0.05, 0) is 25.3 Å². The van der Waals surface area contributed by atoms with Crippen LogP contribution in [0.4, 0.5) is 0 Å². The number of β-amino-alcohol motifs (C(OH)–C–C–N with tert-alkyl or cyclic N) is 1. The van der Waals surface area contributed by atoms with Crippen LogP contribution in [0.15, 0.2) is 24.3 Å². The van der Waals surface area contributed by atoms with Gasteiger partial charge in [-0.2, -0.15) is 0 Å². The van der Waals surface area contributed by atoms with Gasteiger partial charge in [0.2, 0.25) is 5.91 Å². The largest absolute Gasteiger partial charge is 0.392 e. The fraction of sp³-hybridized carbons (Fsp3) is 0.562. The maximum atomic E-state index is 12.5. The number of amides is 1. The quantitative estimate of drug-likeness (QED) is 0.856. The molecule has 0 aromatic heterocycles. The second-order valence-corrected chi connectivity index (χ2v) is 5.60. The molecule has 0 saturated carbocycles. The van der Waals surface area contributed by atoms with E-state index in [2.05, 4.69) is 43.4 Å². The van der Waals surface area contributed by atoms with Crippen LogP contribution in [0.5, 0.6) is 0 Å². The fourth-order valence-corrected chi connectivity index (χ4v) is 2.58. The molecule has 1 aliphatic rings. The molecule has 2 atom stereocenters. The molecule has 2 N–H and O–H groups in total. The molecule has 4 nitrogen and oxygen atoms in total. The highest BCUT2D eigenvalue weighted by Gasteiger charge is 2.30. The van der Waals surface area contributed by atoms with Gasteiger partial charge < -0.3 is 15.3 Å². The monoisotopic (exact) mass is 276 g/mol. The van der Waals surface area contributed by atoms with Crippen LogP contribution < -0.4 is 5.32 Å². The summed E-state index contributed by atoms with van der Waals surface area (Å²) >= 11 is 0. The molecule has 1 aromatic carbocycles. The van der Waals surface area contributed by atoms with Crippen molar-refractivity contribution >= 4 is 5.91 Å². The Morgan fingerprint density at radius 1 is 1.40 bits per heavy atom. The maximum absolute atomic E-state index is 12.5. The highest BCUT2D eigenvalue weighted by Crippen LogP contribution is 2.13. The Labute approximate surface area is 120 Å². The van der Waals surface area contributed by atoms with Crippen LogP contribution >= 0.6 is 0 Å². The van der Waals surface area contributed by atoms with Crippen LogP contribution in [0.2, 0.25) is 0 Å². The van der Waals surface area contributed by atoms with E-state index in [-0.39, 0.29) is 11.9 Å². The lowest BCUT2D eigenvalue weighted by Gasteiger charge is -2.25. The number of carbonyl (C=O) groups excluding carboxylic acids is 1. The van der Waals surface area contributed by atoms with E-state index < -0.39 is 6.10 Å². The molecular formula is C16H24N2O2. The van der Waals surface area contributed by atoms with Crippen molar-refractivity contribution in [2.75, 3.05) is 13.1 Å². The van der Waals surface area contributed by atoms with E-state index in [1.807, 2.05) is 4.90 Å². The molecular weight excluding hydrogens is 252 g/mol. The van der Waals surface area contributed by atoms with E-state index in [0.717, 1.165) is 18.5 Å². The minimum Gasteiger partial charge on any atom is -0.392 e. The zero-order chi connectivity index (χ0) is 14.5. The summed E-state index contributed by atoms with van der Waals surface area (Å²) in [7, 11) is 0. The highest BCUT2D eigenvalue weighted by molar-refractivity contribution is 5.82. The summed E-state index contributed by atoms with van der Waals surface area (Å²) in [5.74, 6) is 0.101. The third-order valence-corrected chi connectivity index (χ3v) is 3.70. The molecule has 2 rings (SSSR count). The molecule has 110 valence electrons. The van der Waals surface area contributed by atoms with Crippen molar-refractivity contribution in [3.05, 3.63) is 35.4 Å². The van der Waals surface area contributed by atoms with Crippen molar-refractivity contribution in [3.63, 3.8) is 0 Å². The van der Waals surface area contributed by atoms with E-state index >= 15 is 0 Å². The summed E-state index contributed by atoms with van der Waals surface area (Å²) in [5, 5.41) is 12.6. The average molecular weight is 276 g/mol. The first-order chi connectivity index (χ1) is 9.60. The first-order valence-electron chi connectivity index (χ1n) is 7.36. The van der Waals surface area contributed by atoms with Crippen LogP contribution in [0.25, 0.3) is 0 Å². The normalized spacial score (nSPS) is 21.9. The van der Waals surface area contributed by atoms with E-state index in [0.29, 0.717) is 19.5 Å². The molecule has 0 radical (unpaired) electrons. The van der Waals surface area contributed by atoms with Gasteiger partial charge in [-0.25, -0.2) is 0 Å². The van der Waals surface area contributed by atoms with Gasteiger partial charge in [0.15, 0.2) is 0 Å². The van der Waals surface area contributed by atoms with Gasteiger partial charge in [-0.15, -0.1) is 0 Å². The smallest absolute Gasteiger partial charge is 0.240 e. The van der Waals surface area contributed by atoms with Gasteiger partial charge in [0.1, 0.15) is 0 Å². The molecule has 1 saturated heterocycles. The van der Waals surface area contributed by atoms with Crippen LogP contribution in [0, 0.1) is 6.92 Å². The minimum atomic E-state index is -0.396. The van der Waals surface area contributed by atoms with Gasteiger partial charge in [0.05, 0.1) is 12.1 Å². The van der Waals surface area contributed by atoms with Crippen molar-refractivity contribution in [3.8, 4) is 0 Å². The molecule has 4 heteroatoms. The van der Waals surface area contributed by atoms with E-state index in [9.17, 15) is 9.90 Å². The van der Waals surface area contributed by atoms with E-state index in [1.54, 1.807) is 0 Å². The van der Waals surface area contributed by atoms with Gasteiger partial charge in [-0.1, -0.05) is 36.8 Å². The fourth-order valence-electron chi connectivity index (χ4n) is 2.58. The summed E-state index contributed by atoms with van der Waals surface area (Å²) in [4.78, 5) is 14.4. The minimum absolute atomic E-state index is 0.101. The first kappa shape index (κ1) is 15.0. The van der Waals surface area contributed by atoms with Crippen LogP contribution in [0.1, 0.15) is 30.9 Å². The Morgan fingerprint density at radius 3 is 2.65 bits per heavy atom. The number of aliphatic hydroxyl groups excluding tert-OH is 1. The third kappa shape index (κ3) is 3.81. The lowest BCUT2D eigenvalue weighted by Crippen LogP contribution is -2.43. The molecule has 1 amide bonds. The van der Waals surface area contributed by atoms with Crippen molar-refractivity contribution in [2.24, 2.45) is 0 Å². The second kappa shape index (κ2) is 6.86. The number of benzene rings is 1. The number of hydrogen-bond acceptors (Lipinski definition) is 3. The molecule has 1 aliphatic heterocycles. The zero-order valence-electron chi connectivity index (χ0n) is 12.3. The Bertz CT molecular complexity index is 444. The SMILES string of the molecule is CCCN(Cc1ccc(C)cc1)C(=O)C1CC(O)CN1. The lowest BCUT2D eigenvalue weighted by atomic mass is 10.1. The number of hydrogen-bond donors (Lipinski definition) is 2. The van der Waals surface area contributed by atoms with E-state index in [4.69, 9.17) is 0 Å². The first-order valence-corrected chi connectivity index (χ1v) is 7.36. The number of aryl methyl sites for hydroxylation is 1. The second-order valence-electron chi connectivity index (χ2n) is 5.60. The molecule has 0 spiro atoms. The molecule has 0 aliphatic carbocycles. The molecule has 0 bridgehead atoms. The zero-order valence-corrected chi connectivity index (χ0v) is 12.3. The van der Waals surface area contributed by atoms with Crippen LogP contribution in [0.3, 0.4) is 0 Å². The van der Waals surface area contributed by atoms with Gasteiger partial charge in [-0.3, -0.25) is 4.79 Å². The average Bonchev–Trinajstić information content (AvgIpc) is 2.86. The topological polar surface area (TPSA) is 52.6 Å². The molecule has 1 heterocycles. The summed E-state index contributed by atoms with van der Waals surface area (Å²) in [6.07, 6.45) is 1.06. The summed E-state index contributed by atoms with van der Waals surface area (Å²) in [5.41, 5.74) is 2.37. The summed E-state index contributed by atoms with van der Waals surface area (Å²) in [6.45, 7) is 6.04. The predicted octanol–water partition coefficient (Wildman–Crippen LogP) is 1.46. The Kier molecular flexibility index (Phi) is 5.15. The Morgan fingerprint density at radius 2 is 2.10 bits per heavy atom. The molecule has 1 fully saturated rings. The maximum Gasteiger partial charge on any atom is 0.240 e. The summed E-state index contributed by atoms with van der Waals surface area (Å²) in [6, 6.07) is 8.05. The van der Waals surface area contributed by atoms with Crippen molar-refractivity contribution < 1.29 is 9.90 Å². The van der Waals surface area contributed by atoms with Crippen LogP contribution in [-0.4, -0.2) is 41.1 Å². The highest BCUT2D eigenvalue weighted by atomic mass is 16.3. The predicted molar refractivity (Wildman–Crippen MR) is 79.3 cm³/mol. The van der Waals surface area contributed by atoms with Gasteiger partial charge in [0, 0.05) is 19.6 Å². The van der Waals surface area contributed by atoms with Gasteiger partial charge >= 0.3 is 0 Å². The number of rotatable bonds is 5. The lowest BCUT2D eigenvalue weighted by molar-refractivity contribution is -0.133. The van der Waals surface area contributed by atoms with Gasteiger partial charge in [0.25, 0.3) is 0 Å². The molecule has 1 aromatic rings. The molecule has 2 unspecified atom stereocenters. The van der Waals surface area contributed by atoms with Crippen molar-refractivity contribution in [1.82, 2.24) is 10.2 Å². The number of nitrogens with zero attached hydrogens (tertiary/aromatic N) is 1. The van der Waals surface area contributed by atoms with Crippen LogP contribution in [-0.2, 0) is 11.3 Å². The number of aliphatic hydroxyl groups is 1. The Hall–Kier alpha value is -1.39. The third-order valence-electron chi connectivity index (χ3n) is 3.70. The summed E-state index contributed by atoms with van der Waals surface area (Å²) < 4.78 is 0. The standard InChI is InChI=1S/C16H24N2O2/c1-3-8-18(11-13-6-4-12(2)5-7-13)16(20)15-9-14(19)10-17-15/h4-7,14-15,17,19H,3,8-11H2,1-2H3. The van der Waals surface area contributed by atoms with Crippen molar-refractivity contribution in [1.29, 1.82) is 0 Å². The number of nitrogens with one attached hydrogen (secondary N) is 1. The van der Waals surface area contributed by atoms with Crippen molar-refractivity contribution in [2.45, 2.75) is 45.4 Å². The van der Waals surface area contributed by atoms with E-state index in [1.165, 1.54) is 5.56 Å². The molecule has 20 heavy (non-hydrogen) atoms. The number of carbonyl (C=O) groups is 1. The Balaban J connectivity index is 2.02.